The van der Waals surface area contributed by atoms with Gasteiger partial charge in [0, 0.05) is 15.5 Å². The third kappa shape index (κ3) is 3.01. The summed E-state index contributed by atoms with van der Waals surface area (Å²) in [5, 5.41) is 14.4. The number of benzene rings is 1. The lowest BCUT2D eigenvalue weighted by Gasteiger charge is -2.14. The van der Waals surface area contributed by atoms with Crippen LogP contribution in [-0.2, 0) is 4.79 Å². The zero-order chi connectivity index (χ0) is 13.1. The highest BCUT2D eigenvalue weighted by atomic mass is 79.9. The van der Waals surface area contributed by atoms with E-state index in [4.69, 9.17) is 11.6 Å². The molecule has 0 amide bonds. The molecule has 0 aliphatic carbocycles. The van der Waals surface area contributed by atoms with Crippen molar-refractivity contribution in [1.29, 1.82) is 0 Å². The van der Waals surface area contributed by atoms with Gasteiger partial charge in [-0.15, -0.1) is 11.3 Å². The number of aromatic nitrogens is 1. The van der Waals surface area contributed by atoms with E-state index in [0.717, 1.165) is 0 Å². The Kier molecular flexibility index (Phi) is 4.21. The number of carboxylic acids is 1. The molecule has 4 nitrogen and oxygen atoms in total. The van der Waals surface area contributed by atoms with Crippen molar-refractivity contribution < 1.29 is 9.90 Å². The van der Waals surface area contributed by atoms with Crippen molar-refractivity contribution in [3.63, 3.8) is 0 Å². The third-order valence-electron chi connectivity index (χ3n) is 2.22. The molecule has 2 aromatic rings. The van der Waals surface area contributed by atoms with Crippen LogP contribution >= 0.6 is 38.9 Å². The fraction of sp³-hybridized carbons (Fsp3) is 0.0909. The van der Waals surface area contributed by atoms with Crippen LogP contribution in [0, 0.1) is 0 Å². The fourth-order valence-electron chi connectivity index (χ4n) is 1.38. The van der Waals surface area contributed by atoms with E-state index >= 15 is 0 Å². The molecular weight excluding hydrogens is 340 g/mol. The lowest BCUT2D eigenvalue weighted by Crippen LogP contribution is -2.20. The van der Waals surface area contributed by atoms with Crippen LogP contribution in [0.2, 0.25) is 5.02 Å². The van der Waals surface area contributed by atoms with Gasteiger partial charge in [0.15, 0.2) is 6.04 Å². The number of halogens is 2. The Bertz CT molecular complexity index is 562. The van der Waals surface area contributed by atoms with Gasteiger partial charge in [0.25, 0.3) is 0 Å². The summed E-state index contributed by atoms with van der Waals surface area (Å²) in [6.07, 6.45) is 0. The molecule has 0 fully saturated rings. The summed E-state index contributed by atoms with van der Waals surface area (Å²) in [7, 11) is 0. The maximum atomic E-state index is 11.2. The van der Waals surface area contributed by atoms with E-state index in [0.29, 0.717) is 20.9 Å². The minimum Gasteiger partial charge on any atom is -0.479 e. The van der Waals surface area contributed by atoms with Crippen molar-refractivity contribution in [1.82, 2.24) is 4.98 Å². The molecule has 7 heteroatoms. The molecule has 0 saturated carbocycles. The number of carbonyl (C=O) groups is 1. The molecule has 1 unspecified atom stereocenters. The molecule has 2 N–H and O–H groups in total. The Morgan fingerprint density at radius 2 is 2.33 bits per heavy atom. The van der Waals surface area contributed by atoms with Crippen LogP contribution in [0.5, 0.6) is 0 Å². The molecule has 0 spiro atoms. The van der Waals surface area contributed by atoms with Crippen molar-refractivity contribution in [2.45, 2.75) is 6.04 Å². The van der Waals surface area contributed by atoms with E-state index in [2.05, 4.69) is 26.2 Å². The van der Waals surface area contributed by atoms with E-state index in [1.54, 1.807) is 29.1 Å². The van der Waals surface area contributed by atoms with Gasteiger partial charge in [-0.1, -0.05) is 11.6 Å². The standard InChI is InChI=1S/C11H8BrClN2O2S/c12-7-3-6(1-2-8(7)13)15-10(11(16)17)9-4-18-5-14-9/h1-5,10,15H,(H,16,17). The van der Waals surface area contributed by atoms with Gasteiger partial charge in [0.05, 0.1) is 16.2 Å². The Labute approximate surface area is 121 Å². The molecule has 2 rings (SSSR count). The topological polar surface area (TPSA) is 62.2 Å². The number of anilines is 1. The smallest absolute Gasteiger partial charge is 0.332 e. The first kappa shape index (κ1) is 13.3. The Hall–Kier alpha value is -1.11. The molecular formula is C11H8BrClN2O2S. The van der Waals surface area contributed by atoms with Crippen molar-refractivity contribution in [2.75, 3.05) is 5.32 Å². The van der Waals surface area contributed by atoms with E-state index < -0.39 is 12.0 Å². The molecule has 0 aliphatic rings. The first-order valence-electron chi connectivity index (χ1n) is 4.90. The number of aliphatic carboxylic acids is 1. The van der Waals surface area contributed by atoms with E-state index in [-0.39, 0.29) is 0 Å². The average molecular weight is 348 g/mol. The molecule has 0 aliphatic heterocycles. The van der Waals surface area contributed by atoms with Gasteiger partial charge in [-0.3, -0.25) is 0 Å². The summed E-state index contributed by atoms with van der Waals surface area (Å²) in [6, 6.07) is 4.26. The highest BCUT2D eigenvalue weighted by Gasteiger charge is 2.21. The zero-order valence-electron chi connectivity index (χ0n) is 8.93. The summed E-state index contributed by atoms with van der Waals surface area (Å²) in [6.45, 7) is 0. The summed E-state index contributed by atoms with van der Waals surface area (Å²) < 4.78 is 0.705. The van der Waals surface area contributed by atoms with Gasteiger partial charge in [0.1, 0.15) is 0 Å². The van der Waals surface area contributed by atoms with E-state index in [1.165, 1.54) is 11.3 Å². The SMILES string of the molecule is O=C(O)C(Nc1ccc(Cl)c(Br)c1)c1cscn1. The van der Waals surface area contributed by atoms with Crippen LogP contribution in [0.3, 0.4) is 0 Å². The number of carboxylic acid groups (broad SMARTS) is 1. The maximum Gasteiger partial charge on any atom is 0.332 e. The highest BCUT2D eigenvalue weighted by molar-refractivity contribution is 9.10. The predicted octanol–water partition coefficient (Wildman–Crippen LogP) is 3.80. The lowest BCUT2D eigenvalue weighted by molar-refractivity contribution is -0.138. The maximum absolute atomic E-state index is 11.2. The molecule has 18 heavy (non-hydrogen) atoms. The first-order valence-corrected chi connectivity index (χ1v) is 7.02. The number of rotatable bonds is 4. The summed E-state index contributed by atoms with van der Waals surface area (Å²) >= 11 is 10.5. The second kappa shape index (κ2) is 5.69. The first-order chi connectivity index (χ1) is 8.58. The second-order valence-corrected chi connectivity index (χ2v) is 5.44. The van der Waals surface area contributed by atoms with Crippen LogP contribution in [0.25, 0.3) is 0 Å². The van der Waals surface area contributed by atoms with Gasteiger partial charge in [0.2, 0.25) is 0 Å². The van der Waals surface area contributed by atoms with E-state index in [1.807, 2.05) is 0 Å². The molecule has 1 heterocycles. The van der Waals surface area contributed by atoms with Crippen LogP contribution in [-0.4, -0.2) is 16.1 Å². The quantitative estimate of drug-likeness (QED) is 0.883. The van der Waals surface area contributed by atoms with Gasteiger partial charge in [-0.05, 0) is 34.1 Å². The Balaban J connectivity index is 2.24. The third-order valence-corrected chi connectivity index (χ3v) is 4.04. The molecule has 94 valence electrons. The number of thiazole rings is 1. The van der Waals surface area contributed by atoms with Crippen LogP contribution < -0.4 is 5.32 Å². The van der Waals surface area contributed by atoms with Gasteiger partial charge in [-0.25, -0.2) is 9.78 Å². The minimum atomic E-state index is -0.980. The van der Waals surface area contributed by atoms with Gasteiger partial charge < -0.3 is 10.4 Å². The Morgan fingerprint density at radius 1 is 1.56 bits per heavy atom. The van der Waals surface area contributed by atoms with Crippen molar-refractivity contribution in [2.24, 2.45) is 0 Å². The number of hydrogen-bond acceptors (Lipinski definition) is 4. The fourth-order valence-corrected chi connectivity index (χ4v) is 2.46. The van der Waals surface area contributed by atoms with Crippen molar-refractivity contribution >= 4 is 50.5 Å². The minimum absolute atomic E-state index is 0.485. The number of nitrogens with one attached hydrogen (secondary N) is 1. The van der Waals surface area contributed by atoms with Crippen LogP contribution in [0.4, 0.5) is 5.69 Å². The largest absolute Gasteiger partial charge is 0.479 e. The van der Waals surface area contributed by atoms with Gasteiger partial charge in [-0.2, -0.15) is 0 Å². The molecule has 1 aromatic carbocycles. The van der Waals surface area contributed by atoms with Crippen LogP contribution in [0.1, 0.15) is 11.7 Å². The molecule has 0 radical (unpaired) electrons. The summed E-state index contributed by atoms with van der Waals surface area (Å²) in [5.41, 5.74) is 2.75. The predicted molar refractivity (Wildman–Crippen MR) is 75.3 cm³/mol. The molecule has 1 aromatic heterocycles. The normalized spacial score (nSPS) is 12.1. The van der Waals surface area contributed by atoms with Crippen LogP contribution in [0.15, 0.2) is 33.6 Å². The van der Waals surface area contributed by atoms with Crippen molar-refractivity contribution in [3.8, 4) is 0 Å². The molecule has 1 atom stereocenters. The Morgan fingerprint density at radius 3 is 2.89 bits per heavy atom. The monoisotopic (exact) mass is 346 g/mol. The molecule has 0 saturated heterocycles. The summed E-state index contributed by atoms with van der Waals surface area (Å²) in [4.78, 5) is 15.2. The van der Waals surface area contributed by atoms with E-state index in [9.17, 15) is 9.90 Å². The average Bonchev–Trinajstić information content (AvgIpc) is 2.83. The zero-order valence-corrected chi connectivity index (χ0v) is 12.1. The highest BCUT2D eigenvalue weighted by Crippen LogP contribution is 2.28. The number of hydrogen-bond donors (Lipinski definition) is 2. The van der Waals surface area contributed by atoms with Crippen molar-refractivity contribution in [3.05, 3.63) is 44.3 Å². The number of nitrogens with zero attached hydrogens (tertiary/aromatic N) is 1. The molecule has 0 bridgehead atoms. The summed E-state index contributed by atoms with van der Waals surface area (Å²) in [5.74, 6) is -0.980. The lowest BCUT2D eigenvalue weighted by atomic mass is 10.2. The second-order valence-electron chi connectivity index (χ2n) is 3.46. The van der Waals surface area contributed by atoms with Gasteiger partial charge >= 0.3 is 5.97 Å².